The highest BCUT2D eigenvalue weighted by molar-refractivity contribution is 5.77. The van der Waals surface area contributed by atoms with Crippen LogP contribution < -0.4 is 21.1 Å². The summed E-state index contributed by atoms with van der Waals surface area (Å²) in [6, 6.07) is 11.7. The minimum Gasteiger partial charge on any atom is -0.489 e. The van der Waals surface area contributed by atoms with Crippen LogP contribution in [0.15, 0.2) is 40.9 Å². The number of nitrogens with zero attached hydrogens (tertiary/aromatic N) is 2. The van der Waals surface area contributed by atoms with Gasteiger partial charge in [0.1, 0.15) is 5.75 Å². The summed E-state index contributed by atoms with van der Waals surface area (Å²) in [5.74, 6) is 1.55. The second kappa shape index (κ2) is 8.77. The molecule has 0 saturated heterocycles. The van der Waals surface area contributed by atoms with Gasteiger partial charge in [-0.3, -0.25) is 4.79 Å². The van der Waals surface area contributed by atoms with Crippen molar-refractivity contribution in [1.29, 1.82) is 0 Å². The topological polar surface area (TPSA) is 115 Å². The average Bonchev–Trinajstić information content (AvgIpc) is 3.40. The van der Waals surface area contributed by atoms with Gasteiger partial charge in [0.2, 0.25) is 11.7 Å². The molecule has 1 aliphatic rings. The minimum atomic E-state index is -0.0310. The number of amides is 1. The number of nitrogens with one attached hydrogen (secondary N) is 2. The number of benzene rings is 2. The Morgan fingerprint density at radius 2 is 2.16 bits per heavy atom. The Balaban J connectivity index is 1.57. The first-order valence-corrected chi connectivity index (χ1v) is 10.4. The molecule has 0 fully saturated rings. The van der Waals surface area contributed by atoms with Gasteiger partial charge < -0.3 is 25.6 Å². The molecule has 2 aromatic carbocycles. The molecule has 0 saturated carbocycles. The quantitative estimate of drug-likeness (QED) is 0.502. The summed E-state index contributed by atoms with van der Waals surface area (Å²) in [7, 11) is 1.64. The van der Waals surface area contributed by atoms with E-state index in [0.29, 0.717) is 23.2 Å². The maximum atomic E-state index is 11.6. The van der Waals surface area contributed by atoms with Gasteiger partial charge in [-0.25, -0.2) is 0 Å². The molecule has 0 spiro atoms. The Kier molecular flexibility index (Phi) is 5.90. The predicted molar refractivity (Wildman–Crippen MR) is 118 cm³/mol. The molecule has 8 nitrogen and oxygen atoms in total. The fourth-order valence-electron chi connectivity index (χ4n) is 3.87. The zero-order valence-electron chi connectivity index (χ0n) is 17.9. The number of carbonyl (C=O) groups is 1. The fourth-order valence-corrected chi connectivity index (χ4v) is 3.87. The second-order valence-corrected chi connectivity index (χ2v) is 7.86. The lowest BCUT2D eigenvalue weighted by Crippen LogP contribution is -2.33. The molecule has 1 aliphatic carbocycles. The lowest BCUT2D eigenvalue weighted by atomic mass is 10.0. The number of nitrogens with two attached hydrogens (primary N) is 1. The standard InChI is InChI=1S/C23H27N5O3/c1-13(2)30-20-10-7-14(11-18(20)24)23-27-22(28-31-23)17-6-4-5-16-15(17)8-9-19(16)26-12-21(29)25-3/h4-7,10-11,13,19,26H,8-9,12,24H2,1-3H3,(H,25,29)/t19-/m0/s1. The monoisotopic (exact) mass is 421 g/mol. The van der Waals surface area contributed by atoms with E-state index >= 15 is 0 Å². The molecule has 4 rings (SSSR count). The van der Waals surface area contributed by atoms with Crippen molar-refractivity contribution in [2.45, 2.75) is 38.8 Å². The van der Waals surface area contributed by atoms with Crippen LogP contribution >= 0.6 is 0 Å². The summed E-state index contributed by atoms with van der Waals surface area (Å²) < 4.78 is 11.2. The van der Waals surface area contributed by atoms with Crippen LogP contribution in [-0.4, -0.2) is 35.7 Å². The molecule has 0 radical (unpaired) electrons. The molecule has 162 valence electrons. The third kappa shape index (κ3) is 4.39. The van der Waals surface area contributed by atoms with Crippen LogP contribution in [0, 0.1) is 0 Å². The molecular weight excluding hydrogens is 394 g/mol. The van der Waals surface area contributed by atoms with Crippen molar-refractivity contribution < 1.29 is 14.1 Å². The summed E-state index contributed by atoms with van der Waals surface area (Å²) in [6.07, 6.45) is 1.84. The van der Waals surface area contributed by atoms with Gasteiger partial charge in [0.25, 0.3) is 5.89 Å². The van der Waals surface area contributed by atoms with Crippen molar-refractivity contribution in [3.8, 4) is 28.6 Å². The van der Waals surface area contributed by atoms with Crippen molar-refractivity contribution in [1.82, 2.24) is 20.8 Å². The molecule has 8 heteroatoms. The maximum Gasteiger partial charge on any atom is 0.258 e. The largest absolute Gasteiger partial charge is 0.489 e. The number of hydrogen-bond acceptors (Lipinski definition) is 7. The summed E-state index contributed by atoms with van der Waals surface area (Å²) in [4.78, 5) is 16.2. The van der Waals surface area contributed by atoms with E-state index in [9.17, 15) is 4.79 Å². The first kappa shape index (κ1) is 20.9. The first-order chi connectivity index (χ1) is 15.0. The number of anilines is 1. The SMILES string of the molecule is CNC(=O)CN[C@H]1CCc2c(-c3noc(-c4ccc(OC(C)C)c(N)c4)n3)cccc21. The van der Waals surface area contributed by atoms with Crippen molar-refractivity contribution in [2.24, 2.45) is 0 Å². The van der Waals surface area contributed by atoms with E-state index in [0.717, 1.165) is 24.0 Å². The highest BCUT2D eigenvalue weighted by atomic mass is 16.5. The normalized spacial score (nSPS) is 15.2. The smallest absolute Gasteiger partial charge is 0.258 e. The highest BCUT2D eigenvalue weighted by Crippen LogP contribution is 2.37. The van der Waals surface area contributed by atoms with Crippen LogP contribution in [0.3, 0.4) is 0 Å². The molecule has 31 heavy (non-hydrogen) atoms. The first-order valence-electron chi connectivity index (χ1n) is 10.4. The van der Waals surface area contributed by atoms with Crippen molar-refractivity contribution >= 4 is 11.6 Å². The molecule has 1 heterocycles. The van der Waals surface area contributed by atoms with Gasteiger partial charge in [0, 0.05) is 24.2 Å². The Morgan fingerprint density at radius 3 is 2.90 bits per heavy atom. The molecule has 4 N–H and O–H groups in total. The van der Waals surface area contributed by atoms with E-state index in [-0.39, 0.29) is 24.6 Å². The number of rotatable bonds is 7. The molecule has 3 aromatic rings. The van der Waals surface area contributed by atoms with Gasteiger partial charge in [-0.1, -0.05) is 23.4 Å². The summed E-state index contributed by atoms with van der Waals surface area (Å²) in [6.45, 7) is 4.19. The summed E-state index contributed by atoms with van der Waals surface area (Å²) in [5, 5.41) is 10.2. The van der Waals surface area contributed by atoms with Crippen LogP contribution in [0.2, 0.25) is 0 Å². The molecule has 1 amide bonds. The van der Waals surface area contributed by atoms with Gasteiger partial charge in [0.05, 0.1) is 18.3 Å². The van der Waals surface area contributed by atoms with E-state index in [1.807, 2.05) is 38.1 Å². The Bertz CT molecular complexity index is 1090. The molecule has 0 bridgehead atoms. The van der Waals surface area contributed by atoms with Gasteiger partial charge in [-0.05, 0) is 56.0 Å². The zero-order chi connectivity index (χ0) is 22.0. The van der Waals surface area contributed by atoms with Gasteiger partial charge >= 0.3 is 0 Å². The Hall–Kier alpha value is -3.39. The average molecular weight is 422 g/mol. The van der Waals surface area contributed by atoms with Crippen LogP contribution in [-0.2, 0) is 11.2 Å². The van der Waals surface area contributed by atoms with Crippen LogP contribution in [0.4, 0.5) is 5.69 Å². The van der Waals surface area contributed by atoms with Gasteiger partial charge in [-0.2, -0.15) is 4.98 Å². The number of fused-ring (bicyclic) bond motifs is 1. The van der Waals surface area contributed by atoms with Crippen LogP contribution in [0.5, 0.6) is 5.75 Å². The van der Waals surface area contributed by atoms with E-state index in [2.05, 4.69) is 26.8 Å². The lowest BCUT2D eigenvalue weighted by Gasteiger charge is -2.13. The van der Waals surface area contributed by atoms with E-state index < -0.39 is 0 Å². The van der Waals surface area contributed by atoms with Crippen molar-refractivity contribution in [3.05, 3.63) is 47.5 Å². The molecule has 0 unspecified atom stereocenters. The summed E-state index contributed by atoms with van der Waals surface area (Å²) >= 11 is 0. The van der Waals surface area contributed by atoms with E-state index in [4.69, 9.17) is 15.0 Å². The van der Waals surface area contributed by atoms with E-state index in [1.165, 1.54) is 11.1 Å². The van der Waals surface area contributed by atoms with E-state index in [1.54, 1.807) is 13.1 Å². The lowest BCUT2D eigenvalue weighted by molar-refractivity contribution is -0.119. The van der Waals surface area contributed by atoms with Gasteiger partial charge in [-0.15, -0.1) is 0 Å². The fraction of sp³-hybridized carbons (Fsp3) is 0.348. The number of nitrogen functional groups attached to an aromatic ring is 1. The molecule has 1 aromatic heterocycles. The number of hydrogen-bond donors (Lipinski definition) is 3. The molecular formula is C23H27N5O3. The van der Waals surface area contributed by atoms with Crippen molar-refractivity contribution in [3.63, 3.8) is 0 Å². The number of carbonyl (C=O) groups excluding carboxylic acids is 1. The number of likely N-dealkylation sites (N-methyl/N-ethyl adjacent to an activating group) is 1. The highest BCUT2D eigenvalue weighted by Gasteiger charge is 2.26. The molecule has 0 aliphatic heterocycles. The number of ether oxygens (including phenoxy) is 1. The Morgan fingerprint density at radius 1 is 1.32 bits per heavy atom. The minimum absolute atomic E-state index is 0.0310. The second-order valence-electron chi connectivity index (χ2n) is 7.86. The Labute approximate surface area is 181 Å². The maximum absolute atomic E-state index is 11.6. The van der Waals surface area contributed by atoms with Crippen molar-refractivity contribution in [2.75, 3.05) is 19.3 Å². The number of aromatic nitrogens is 2. The van der Waals surface area contributed by atoms with Crippen LogP contribution in [0.25, 0.3) is 22.8 Å². The summed E-state index contributed by atoms with van der Waals surface area (Å²) in [5.41, 5.74) is 10.7. The third-order valence-electron chi connectivity index (χ3n) is 5.34. The van der Waals surface area contributed by atoms with Gasteiger partial charge in [0.15, 0.2) is 0 Å². The molecule has 1 atom stereocenters. The third-order valence-corrected chi connectivity index (χ3v) is 5.34. The predicted octanol–water partition coefficient (Wildman–Crippen LogP) is 3.10. The van der Waals surface area contributed by atoms with Crippen LogP contribution in [0.1, 0.15) is 37.4 Å². The zero-order valence-corrected chi connectivity index (χ0v) is 17.9.